The van der Waals surface area contributed by atoms with Crippen molar-refractivity contribution in [2.24, 2.45) is 0 Å². The largest absolute Gasteiger partial charge is 0.491 e. The average Bonchev–Trinajstić information content (AvgIpc) is 3.35. The molecule has 2 aromatic carbocycles. The molecule has 4 N–H and O–H groups in total. The van der Waals surface area contributed by atoms with Gasteiger partial charge in [-0.3, -0.25) is 4.79 Å². The molecule has 2 heterocycles. The topological polar surface area (TPSA) is 128 Å². The number of pyridine rings is 1. The number of urea groups is 1. The molecule has 0 bridgehead atoms. The molecule has 5 rings (SSSR count). The van der Waals surface area contributed by atoms with Gasteiger partial charge in [0.25, 0.3) is 5.91 Å². The van der Waals surface area contributed by atoms with Crippen LogP contribution in [-0.4, -0.2) is 35.6 Å². The van der Waals surface area contributed by atoms with Gasteiger partial charge in [0, 0.05) is 6.20 Å². The molecule has 202 valence electrons. The predicted octanol–water partition coefficient (Wildman–Crippen LogP) is 4.26. The van der Waals surface area contributed by atoms with Gasteiger partial charge in [-0.05, 0) is 48.4 Å². The lowest BCUT2D eigenvalue weighted by molar-refractivity contribution is 0.0940. The van der Waals surface area contributed by atoms with E-state index in [2.05, 4.69) is 26.3 Å². The van der Waals surface area contributed by atoms with Gasteiger partial charge in [-0.1, -0.05) is 48.5 Å². The minimum Gasteiger partial charge on any atom is -0.491 e. The summed E-state index contributed by atoms with van der Waals surface area (Å²) in [6, 6.07) is 17.6. The molecule has 0 radical (unpaired) electrons. The number of carbonyl (C=O) groups excluding carboxylic acids is 2. The summed E-state index contributed by atoms with van der Waals surface area (Å²) in [5, 5.41) is 21.3. The number of nitrogens with one attached hydrogen (secondary N) is 4. The number of amides is 3. The van der Waals surface area contributed by atoms with E-state index in [0.717, 1.165) is 11.1 Å². The van der Waals surface area contributed by atoms with E-state index in [-0.39, 0.29) is 47.5 Å². The number of nitrogens with zero attached hydrogens (tertiary/aromatic N) is 2. The Morgan fingerprint density at radius 1 is 1.12 bits per heavy atom. The number of rotatable bonds is 9. The number of carbonyl (C=O) groups is 2. The number of halogens is 1. The summed E-state index contributed by atoms with van der Waals surface area (Å²) in [4.78, 5) is 29.4. The van der Waals surface area contributed by atoms with Crippen LogP contribution in [0.25, 0.3) is 0 Å². The third kappa shape index (κ3) is 6.10. The van der Waals surface area contributed by atoms with E-state index in [9.17, 15) is 19.2 Å². The lowest BCUT2D eigenvalue weighted by Gasteiger charge is -2.24. The SMILES string of the molecule is C[C@H](NC(=O)c1cc(C#N)cnc1NC(COC1=CC2NC(=O)NC2C=C1)c1ccccc1)c1ccc(F)cc1. The van der Waals surface area contributed by atoms with Crippen LogP contribution < -0.4 is 21.3 Å². The van der Waals surface area contributed by atoms with E-state index in [1.165, 1.54) is 24.4 Å². The number of ether oxygens (including phenoxy) is 1. The number of nitriles is 1. The molecular formula is C30H27FN6O3. The molecule has 3 aromatic rings. The van der Waals surface area contributed by atoms with Gasteiger partial charge in [-0.2, -0.15) is 5.26 Å². The highest BCUT2D eigenvalue weighted by Gasteiger charge is 2.31. The minimum atomic E-state index is -0.440. The van der Waals surface area contributed by atoms with Crippen LogP contribution in [-0.2, 0) is 4.74 Å². The fourth-order valence-corrected chi connectivity index (χ4v) is 4.54. The molecule has 0 spiro atoms. The zero-order chi connectivity index (χ0) is 28.1. The fourth-order valence-electron chi connectivity index (χ4n) is 4.54. The zero-order valence-corrected chi connectivity index (χ0v) is 21.6. The van der Waals surface area contributed by atoms with E-state index in [0.29, 0.717) is 5.76 Å². The smallest absolute Gasteiger partial charge is 0.315 e. The second kappa shape index (κ2) is 11.7. The van der Waals surface area contributed by atoms with Crippen molar-refractivity contribution in [2.45, 2.75) is 31.1 Å². The first-order chi connectivity index (χ1) is 19.4. The Kier molecular flexibility index (Phi) is 7.73. The van der Waals surface area contributed by atoms with E-state index in [1.807, 2.05) is 54.6 Å². The highest BCUT2D eigenvalue weighted by molar-refractivity contribution is 5.99. The van der Waals surface area contributed by atoms with Crippen molar-refractivity contribution < 1.29 is 18.7 Å². The first-order valence-corrected chi connectivity index (χ1v) is 12.8. The van der Waals surface area contributed by atoms with Crippen molar-refractivity contribution in [1.29, 1.82) is 5.26 Å². The van der Waals surface area contributed by atoms with Gasteiger partial charge >= 0.3 is 6.03 Å². The van der Waals surface area contributed by atoms with Gasteiger partial charge in [-0.15, -0.1) is 0 Å². The van der Waals surface area contributed by atoms with Crippen molar-refractivity contribution >= 4 is 17.8 Å². The highest BCUT2D eigenvalue weighted by Crippen LogP contribution is 2.25. The number of anilines is 1. The Labute approximate surface area is 230 Å². The van der Waals surface area contributed by atoms with Gasteiger partial charge in [0.1, 0.15) is 30.1 Å². The van der Waals surface area contributed by atoms with Crippen LogP contribution in [0, 0.1) is 17.1 Å². The number of benzene rings is 2. The summed E-state index contributed by atoms with van der Waals surface area (Å²) in [5.41, 5.74) is 2.05. The molecule has 1 saturated heterocycles. The van der Waals surface area contributed by atoms with Crippen LogP contribution in [0.3, 0.4) is 0 Å². The highest BCUT2D eigenvalue weighted by atomic mass is 19.1. The van der Waals surface area contributed by atoms with Crippen molar-refractivity contribution in [1.82, 2.24) is 20.9 Å². The Morgan fingerprint density at radius 2 is 1.88 bits per heavy atom. The summed E-state index contributed by atoms with van der Waals surface area (Å²) in [7, 11) is 0. The average molecular weight is 539 g/mol. The maximum Gasteiger partial charge on any atom is 0.315 e. The van der Waals surface area contributed by atoms with E-state index < -0.39 is 18.0 Å². The van der Waals surface area contributed by atoms with Gasteiger partial charge < -0.3 is 26.0 Å². The maximum atomic E-state index is 13.4. The number of fused-ring (bicyclic) bond motifs is 1. The van der Waals surface area contributed by atoms with E-state index >= 15 is 0 Å². The van der Waals surface area contributed by atoms with Crippen LogP contribution >= 0.6 is 0 Å². The molecular weight excluding hydrogens is 511 g/mol. The van der Waals surface area contributed by atoms with Crippen molar-refractivity contribution in [3.05, 3.63) is 119 Å². The lowest BCUT2D eigenvalue weighted by Crippen LogP contribution is -2.32. The van der Waals surface area contributed by atoms with Crippen LogP contribution in [0.4, 0.5) is 15.0 Å². The molecule has 40 heavy (non-hydrogen) atoms. The molecule has 2 aliphatic rings. The number of allylic oxidation sites excluding steroid dienone is 1. The van der Waals surface area contributed by atoms with E-state index in [1.54, 1.807) is 19.1 Å². The van der Waals surface area contributed by atoms with Crippen LogP contribution in [0.15, 0.2) is 90.8 Å². The predicted molar refractivity (Wildman–Crippen MR) is 146 cm³/mol. The standard InChI is InChI=1S/C30H27FN6O3/c1-18(20-7-9-22(31)10-8-20)34-29(38)24-13-19(15-32)16-33-28(24)35-27(21-5-3-2-4-6-21)17-40-23-11-12-25-26(14-23)37-30(39)36-25/h2-14,16,18,25-27H,17H2,1H3,(H,33,35)(H,34,38)(H2,36,37,39)/t18-,25?,26?,27?/m0/s1. The van der Waals surface area contributed by atoms with Gasteiger partial charge in [-0.25, -0.2) is 14.2 Å². The molecule has 0 saturated carbocycles. The molecule has 10 heteroatoms. The molecule has 1 aromatic heterocycles. The summed E-state index contributed by atoms with van der Waals surface area (Å²) >= 11 is 0. The van der Waals surface area contributed by atoms with Crippen molar-refractivity contribution in [3.8, 4) is 6.07 Å². The van der Waals surface area contributed by atoms with Gasteiger partial charge in [0.15, 0.2) is 0 Å². The Morgan fingerprint density at radius 3 is 2.62 bits per heavy atom. The van der Waals surface area contributed by atoms with Crippen molar-refractivity contribution in [2.75, 3.05) is 11.9 Å². The summed E-state index contributed by atoms with van der Waals surface area (Å²) < 4.78 is 19.5. The third-order valence-electron chi connectivity index (χ3n) is 6.70. The molecule has 3 unspecified atom stereocenters. The maximum absolute atomic E-state index is 13.4. The van der Waals surface area contributed by atoms with Gasteiger partial charge in [0.2, 0.25) is 0 Å². The Balaban J connectivity index is 1.37. The molecule has 1 aliphatic carbocycles. The number of hydrogen-bond acceptors (Lipinski definition) is 6. The number of hydrogen-bond donors (Lipinski definition) is 4. The monoisotopic (exact) mass is 538 g/mol. The summed E-state index contributed by atoms with van der Waals surface area (Å²) in [6.07, 6.45) is 6.93. The zero-order valence-electron chi connectivity index (χ0n) is 21.6. The molecule has 4 atom stereocenters. The quantitative estimate of drug-likeness (QED) is 0.322. The summed E-state index contributed by atoms with van der Waals surface area (Å²) in [6.45, 7) is 1.98. The third-order valence-corrected chi connectivity index (χ3v) is 6.70. The Bertz CT molecular complexity index is 1500. The normalized spacial score (nSPS) is 18.7. The van der Waals surface area contributed by atoms with Crippen LogP contribution in [0.2, 0.25) is 0 Å². The Hall–Kier alpha value is -5.17. The lowest BCUT2D eigenvalue weighted by atomic mass is 10.0. The minimum absolute atomic E-state index is 0.121. The first kappa shape index (κ1) is 26.4. The summed E-state index contributed by atoms with van der Waals surface area (Å²) in [5.74, 6) is 0.0792. The molecule has 9 nitrogen and oxygen atoms in total. The van der Waals surface area contributed by atoms with E-state index in [4.69, 9.17) is 4.74 Å². The van der Waals surface area contributed by atoms with Gasteiger partial charge in [0.05, 0.1) is 35.3 Å². The van der Waals surface area contributed by atoms with Crippen LogP contribution in [0.5, 0.6) is 0 Å². The molecule has 3 amide bonds. The molecule has 1 aliphatic heterocycles. The first-order valence-electron chi connectivity index (χ1n) is 12.8. The van der Waals surface area contributed by atoms with Crippen molar-refractivity contribution in [3.63, 3.8) is 0 Å². The second-order valence-electron chi connectivity index (χ2n) is 9.49. The van der Waals surface area contributed by atoms with Crippen LogP contribution in [0.1, 0.15) is 46.1 Å². The molecule has 1 fully saturated rings. The number of aromatic nitrogens is 1. The second-order valence-corrected chi connectivity index (χ2v) is 9.49. The fraction of sp³-hybridized carbons (Fsp3) is 0.200.